The highest BCUT2D eigenvalue weighted by molar-refractivity contribution is 5.85. The summed E-state index contributed by atoms with van der Waals surface area (Å²) >= 11 is 0. The van der Waals surface area contributed by atoms with Crippen LogP contribution in [0.3, 0.4) is 0 Å². The highest BCUT2D eigenvalue weighted by Crippen LogP contribution is 2.26. The molecule has 1 amide bonds. The van der Waals surface area contributed by atoms with Crippen molar-refractivity contribution in [2.24, 2.45) is 0 Å². The molecule has 1 aliphatic rings. The Morgan fingerprint density at radius 1 is 1.50 bits per heavy atom. The number of hydrogen-bond acceptors (Lipinski definition) is 3. The number of hydrogen-bond donors (Lipinski definition) is 1. The first-order valence-electron chi connectivity index (χ1n) is 6.05. The van der Waals surface area contributed by atoms with E-state index < -0.39 is 11.6 Å². The van der Waals surface area contributed by atoms with Gasteiger partial charge in [-0.15, -0.1) is 0 Å². The van der Waals surface area contributed by atoms with Crippen molar-refractivity contribution in [1.82, 2.24) is 5.32 Å². The van der Waals surface area contributed by atoms with Crippen molar-refractivity contribution in [3.8, 4) is 6.07 Å². The first kappa shape index (κ1) is 12.6. The molecule has 2 unspecified atom stereocenters. The van der Waals surface area contributed by atoms with E-state index in [1.807, 2.05) is 30.3 Å². The minimum Gasteiger partial charge on any atom is -0.365 e. The summed E-state index contributed by atoms with van der Waals surface area (Å²) in [6.07, 6.45) is 1.58. The van der Waals surface area contributed by atoms with E-state index in [2.05, 4.69) is 11.4 Å². The second kappa shape index (κ2) is 5.19. The number of carbonyl (C=O) groups excluding carboxylic acids is 1. The summed E-state index contributed by atoms with van der Waals surface area (Å²) in [4.78, 5) is 12.1. The molecule has 1 aromatic rings. The molecule has 0 saturated carbocycles. The number of rotatable bonds is 3. The number of amides is 1. The topological polar surface area (TPSA) is 62.1 Å². The number of nitrogens with zero attached hydrogens (tertiary/aromatic N) is 1. The third-order valence-corrected chi connectivity index (χ3v) is 3.24. The maximum Gasteiger partial charge on any atom is 0.253 e. The van der Waals surface area contributed by atoms with Gasteiger partial charge >= 0.3 is 0 Å². The van der Waals surface area contributed by atoms with E-state index >= 15 is 0 Å². The Labute approximate surface area is 107 Å². The van der Waals surface area contributed by atoms with E-state index in [-0.39, 0.29) is 5.91 Å². The molecule has 1 saturated heterocycles. The lowest BCUT2D eigenvalue weighted by molar-refractivity contribution is -0.139. The molecule has 1 aliphatic heterocycles. The van der Waals surface area contributed by atoms with Crippen LogP contribution in [0.15, 0.2) is 30.3 Å². The van der Waals surface area contributed by atoms with Crippen LogP contribution in [0.4, 0.5) is 0 Å². The SMILES string of the molecule is CC1(C(=O)NC(C#N)c2ccccc2)CCCO1. The molecule has 1 aromatic carbocycles. The third-order valence-electron chi connectivity index (χ3n) is 3.24. The highest BCUT2D eigenvalue weighted by Gasteiger charge is 2.38. The quantitative estimate of drug-likeness (QED) is 0.883. The Bertz CT molecular complexity index is 458. The summed E-state index contributed by atoms with van der Waals surface area (Å²) < 4.78 is 5.46. The van der Waals surface area contributed by atoms with Crippen molar-refractivity contribution < 1.29 is 9.53 Å². The minimum absolute atomic E-state index is 0.213. The van der Waals surface area contributed by atoms with Gasteiger partial charge in [-0.1, -0.05) is 30.3 Å². The lowest BCUT2D eigenvalue weighted by Crippen LogP contribution is -2.45. The Morgan fingerprint density at radius 3 is 2.78 bits per heavy atom. The standard InChI is InChI=1S/C14H16N2O2/c1-14(8-5-9-18-14)13(17)16-12(10-15)11-6-3-2-4-7-11/h2-4,6-7,12H,5,8-9H2,1H3,(H,16,17). The van der Waals surface area contributed by atoms with E-state index in [0.29, 0.717) is 13.0 Å². The predicted molar refractivity (Wildman–Crippen MR) is 66.5 cm³/mol. The summed E-state index contributed by atoms with van der Waals surface area (Å²) in [5.74, 6) is -0.213. The van der Waals surface area contributed by atoms with Gasteiger partial charge in [-0.05, 0) is 25.3 Å². The van der Waals surface area contributed by atoms with Crippen LogP contribution in [0, 0.1) is 11.3 Å². The van der Waals surface area contributed by atoms with Gasteiger partial charge in [-0.25, -0.2) is 0 Å². The summed E-state index contributed by atoms with van der Waals surface area (Å²) in [6, 6.07) is 10.7. The highest BCUT2D eigenvalue weighted by atomic mass is 16.5. The predicted octanol–water partition coefficient (Wildman–Crippen LogP) is 1.94. The van der Waals surface area contributed by atoms with Crippen molar-refractivity contribution >= 4 is 5.91 Å². The molecule has 0 radical (unpaired) electrons. The fraction of sp³-hybridized carbons (Fsp3) is 0.429. The van der Waals surface area contributed by atoms with E-state index in [0.717, 1.165) is 12.0 Å². The first-order valence-corrected chi connectivity index (χ1v) is 6.05. The second-order valence-electron chi connectivity index (χ2n) is 4.63. The number of benzene rings is 1. The zero-order valence-corrected chi connectivity index (χ0v) is 10.3. The Balaban J connectivity index is 2.08. The average molecular weight is 244 g/mol. The molecule has 2 atom stereocenters. The van der Waals surface area contributed by atoms with E-state index in [1.165, 1.54) is 0 Å². The summed E-state index contributed by atoms with van der Waals surface area (Å²) in [7, 11) is 0. The third kappa shape index (κ3) is 2.52. The maximum atomic E-state index is 12.1. The summed E-state index contributed by atoms with van der Waals surface area (Å²) in [6.45, 7) is 2.38. The molecule has 0 aromatic heterocycles. The molecule has 0 bridgehead atoms. The number of nitrogens with one attached hydrogen (secondary N) is 1. The van der Waals surface area contributed by atoms with Crippen LogP contribution >= 0.6 is 0 Å². The molecular weight excluding hydrogens is 228 g/mol. The van der Waals surface area contributed by atoms with Gasteiger partial charge in [-0.3, -0.25) is 4.79 Å². The lowest BCUT2D eigenvalue weighted by atomic mass is 10.0. The molecule has 1 N–H and O–H groups in total. The van der Waals surface area contributed by atoms with Gasteiger partial charge in [0.1, 0.15) is 11.6 Å². The fourth-order valence-corrected chi connectivity index (χ4v) is 2.08. The Hall–Kier alpha value is -1.86. The van der Waals surface area contributed by atoms with Crippen LogP contribution in [0.2, 0.25) is 0 Å². The van der Waals surface area contributed by atoms with E-state index in [9.17, 15) is 4.79 Å². The van der Waals surface area contributed by atoms with Gasteiger partial charge in [0.15, 0.2) is 0 Å². The lowest BCUT2D eigenvalue weighted by Gasteiger charge is -2.23. The minimum atomic E-state index is -0.788. The zero-order valence-electron chi connectivity index (χ0n) is 10.3. The zero-order chi connectivity index (χ0) is 13.0. The maximum absolute atomic E-state index is 12.1. The average Bonchev–Trinajstić information content (AvgIpc) is 2.85. The molecule has 2 rings (SSSR count). The molecule has 1 fully saturated rings. The monoisotopic (exact) mass is 244 g/mol. The van der Waals surface area contributed by atoms with Gasteiger partial charge in [0.2, 0.25) is 0 Å². The molecule has 94 valence electrons. The van der Waals surface area contributed by atoms with Crippen LogP contribution < -0.4 is 5.32 Å². The van der Waals surface area contributed by atoms with Crippen LogP contribution in [0.25, 0.3) is 0 Å². The summed E-state index contributed by atoms with van der Waals surface area (Å²) in [5, 5.41) is 11.9. The fourth-order valence-electron chi connectivity index (χ4n) is 2.08. The molecular formula is C14H16N2O2. The van der Waals surface area contributed by atoms with Crippen molar-refractivity contribution in [3.05, 3.63) is 35.9 Å². The number of carbonyl (C=O) groups is 1. The molecule has 0 spiro atoms. The molecule has 4 nitrogen and oxygen atoms in total. The van der Waals surface area contributed by atoms with Gasteiger partial charge < -0.3 is 10.1 Å². The first-order chi connectivity index (χ1) is 8.65. The Morgan fingerprint density at radius 2 is 2.22 bits per heavy atom. The van der Waals surface area contributed by atoms with Crippen LogP contribution in [0.5, 0.6) is 0 Å². The second-order valence-corrected chi connectivity index (χ2v) is 4.63. The Kier molecular flexibility index (Phi) is 3.63. The van der Waals surface area contributed by atoms with Crippen molar-refractivity contribution in [2.45, 2.75) is 31.4 Å². The van der Waals surface area contributed by atoms with Crippen molar-refractivity contribution in [3.63, 3.8) is 0 Å². The van der Waals surface area contributed by atoms with Crippen LogP contribution in [-0.4, -0.2) is 18.1 Å². The van der Waals surface area contributed by atoms with E-state index in [4.69, 9.17) is 10.00 Å². The van der Waals surface area contributed by atoms with Crippen molar-refractivity contribution in [2.75, 3.05) is 6.61 Å². The normalized spacial score (nSPS) is 24.2. The largest absolute Gasteiger partial charge is 0.365 e. The van der Waals surface area contributed by atoms with Crippen molar-refractivity contribution in [1.29, 1.82) is 5.26 Å². The van der Waals surface area contributed by atoms with Crippen LogP contribution in [0.1, 0.15) is 31.4 Å². The van der Waals surface area contributed by atoms with Gasteiger partial charge in [0, 0.05) is 6.61 Å². The number of nitriles is 1. The van der Waals surface area contributed by atoms with Crippen LogP contribution in [-0.2, 0) is 9.53 Å². The van der Waals surface area contributed by atoms with Gasteiger partial charge in [0.25, 0.3) is 5.91 Å². The molecule has 0 aliphatic carbocycles. The van der Waals surface area contributed by atoms with E-state index in [1.54, 1.807) is 6.92 Å². The molecule has 4 heteroatoms. The smallest absolute Gasteiger partial charge is 0.253 e. The van der Waals surface area contributed by atoms with Gasteiger partial charge in [0.05, 0.1) is 6.07 Å². The number of ether oxygens (including phenoxy) is 1. The summed E-state index contributed by atoms with van der Waals surface area (Å²) in [5.41, 5.74) is -0.000829. The molecule has 1 heterocycles. The van der Waals surface area contributed by atoms with Gasteiger partial charge in [-0.2, -0.15) is 5.26 Å². The molecule has 18 heavy (non-hydrogen) atoms.